The highest BCUT2D eigenvalue weighted by Gasteiger charge is 2.31. The Balaban J connectivity index is 1.69. The third-order valence-electron chi connectivity index (χ3n) is 3.16. The van der Waals surface area contributed by atoms with Crippen molar-refractivity contribution in [1.29, 1.82) is 0 Å². The molecule has 0 aliphatic carbocycles. The Bertz CT molecular complexity index is 939. The van der Waals surface area contributed by atoms with Crippen molar-refractivity contribution in [2.45, 2.75) is 6.36 Å². The fourth-order valence-corrected chi connectivity index (χ4v) is 1.99. The third-order valence-corrected chi connectivity index (χ3v) is 3.16. The van der Waals surface area contributed by atoms with Gasteiger partial charge >= 0.3 is 12.4 Å². The van der Waals surface area contributed by atoms with Gasteiger partial charge in [0, 0.05) is 5.56 Å². The molecular formula is C15H11F3N6O3. The molecule has 9 nitrogen and oxygen atoms in total. The molecule has 0 aliphatic heterocycles. The molecular weight excluding hydrogens is 369 g/mol. The van der Waals surface area contributed by atoms with Crippen LogP contribution in [-0.2, 0) is 0 Å². The first-order valence-corrected chi connectivity index (χ1v) is 7.25. The number of pyridine rings is 1. The number of alkyl halides is 3. The molecule has 0 radical (unpaired) electrons. The summed E-state index contributed by atoms with van der Waals surface area (Å²) in [4.78, 5) is 8.06. The van der Waals surface area contributed by atoms with Crippen molar-refractivity contribution in [1.82, 2.24) is 15.1 Å². The highest BCUT2D eigenvalue weighted by Crippen LogP contribution is 2.26. The lowest BCUT2D eigenvalue weighted by atomic mass is 10.2. The van der Waals surface area contributed by atoms with Gasteiger partial charge in [0.05, 0.1) is 11.9 Å². The molecule has 27 heavy (non-hydrogen) atoms. The van der Waals surface area contributed by atoms with Crippen molar-refractivity contribution in [3.05, 3.63) is 48.3 Å². The average Bonchev–Trinajstić information content (AvgIpc) is 3.09. The molecule has 140 valence electrons. The van der Waals surface area contributed by atoms with Crippen molar-refractivity contribution in [2.24, 2.45) is 10.9 Å². The largest absolute Gasteiger partial charge is 0.573 e. The lowest BCUT2D eigenvalue weighted by Crippen LogP contribution is -2.16. The summed E-state index contributed by atoms with van der Waals surface area (Å²) in [7, 11) is 0. The van der Waals surface area contributed by atoms with Crippen LogP contribution in [0.5, 0.6) is 5.75 Å². The van der Waals surface area contributed by atoms with Gasteiger partial charge in [-0.15, -0.1) is 13.2 Å². The lowest BCUT2D eigenvalue weighted by molar-refractivity contribution is -0.274. The summed E-state index contributed by atoms with van der Waals surface area (Å²) in [6.07, 6.45) is -3.36. The Hall–Kier alpha value is -3.83. The molecule has 0 atom stereocenters. The molecule has 0 saturated heterocycles. The zero-order valence-corrected chi connectivity index (χ0v) is 13.3. The molecule has 0 aliphatic rings. The van der Waals surface area contributed by atoms with Gasteiger partial charge < -0.3 is 25.5 Å². The summed E-state index contributed by atoms with van der Waals surface area (Å²) < 4.78 is 45.3. The predicted octanol–water partition coefficient (Wildman–Crippen LogP) is 2.87. The fourth-order valence-electron chi connectivity index (χ4n) is 1.99. The minimum absolute atomic E-state index is 0.0407. The minimum Gasteiger partial charge on any atom is -0.409 e. The van der Waals surface area contributed by atoms with Crippen LogP contribution in [0.1, 0.15) is 5.69 Å². The molecule has 0 saturated carbocycles. The van der Waals surface area contributed by atoms with Crippen molar-refractivity contribution < 1.29 is 27.6 Å². The zero-order valence-electron chi connectivity index (χ0n) is 13.3. The number of anilines is 2. The van der Waals surface area contributed by atoms with Crippen molar-refractivity contribution in [3.63, 3.8) is 0 Å². The van der Waals surface area contributed by atoms with E-state index in [1.807, 2.05) is 0 Å². The Kier molecular flexibility index (Phi) is 4.79. The van der Waals surface area contributed by atoms with Gasteiger partial charge in [0.1, 0.15) is 11.4 Å². The van der Waals surface area contributed by atoms with Gasteiger partial charge in [-0.2, -0.15) is 4.98 Å². The van der Waals surface area contributed by atoms with Gasteiger partial charge in [-0.25, -0.2) is 0 Å². The number of nitrogens with one attached hydrogen (secondary N) is 1. The number of hydrogen-bond acceptors (Lipinski definition) is 8. The summed E-state index contributed by atoms with van der Waals surface area (Å²) >= 11 is 0. The maximum atomic E-state index is 12.2. The van der Waals surface area contributed by atoms with Crippen LogP contribution >= 0.6 is 0 Å². The normalized spacial score (nSPS) is 12.0. The van der Waals surface area contributed by atoms with Crippen LogP contribution in [0, 0.1) is 0 Å². The topological polar surface area (TPSA) is 132 Å². The molecule has 3 aromatic rings. The quantitative estimate of drug-likeness (QED) is 0.266. The van der Waals surface area contributed by atoms with Gasteiger partial charge in [-0.1, -0.05) is 10.3 Å². The number of nitrogens with zero attached hydrogens (tertiary/aromatic N) is 4. The van der Waals surface area contributed by atoms with E-state index in [1.54, 1.807) is 6.07 Å². The number of aromatic nitrogens is 3. The number of benzene rings is 1. The molecule has 1 aromatic carbocycles. The number of nitrogens with two attached hydrogens (primary N) is 1. The summed E-state index contributed by atoms with van der Waals surface area (Å²) in [5.41, 5.74) is 6.61. The molecule has 2 aromatic heterocycles. The first kappa shape index (κ1) is 18.0. The standard InChI is InChI=1S/C15H11F3N6O3/c16-15(17,18)26-10-4-1-8(2-5-10)13-22-14(27-24-13)21-9-3-6-11(20-7-9)12(19)23-25/h1-7,25H,(H2,19,23)(H,21,22,24). The van der Waals surface area contributed by atoms with Gasteiger partial charge in [0.2, 0.25) is 5.82 Å². The molecule has 4 N–H and O–H groups in total. The van der Waals surface area contributed by atoms with Crippen LogP contribution in [0.25, 0.3) is 11.4 Å². The SMILES string of the molecule is N/C(=N\O)c1ccc(Nc2nc(-c3ccc(OC(F)(F)F)cc3)no2)cn1. The van der Waals surface area contributed by atoms with E-state index < -0.39 is 6.36 Å². The smallest absolute Gasteiger partial charge is 0.409 e. The van der Waals surface area contributed by atoms with Crippen LogP contribution in [0.3, 0.4) is 0 Å². The van der Waals surface area contributed by atoms with Crippen molar-refractivity contribution >= 4 is 17.5 Å². The predicted molar refractivity (Wildman–Crippen MR) is 86.4 cm³/mol. The number of hydrogen-bond donors (Lipinski definition) is 3. The maximum Gasteiger partial charge on any atom is 0.573 e. The number of halogens is 3. The minimum atomic E-state index is -4.76. The van der Waals surface area contributed by atoms with E-state index in [-0.39, 0.29) is 29.1 Å². The van der Waals surface area contributed by atoms with E-state index >= 15 is 0 Å². The van der Waals surface area contributed by atoms with Gasteiger partial charge in [-0.3, -0.25) is 4.98 Å². The Morgan fingerprint density at radius 2 is 1.93 bits per heavy atom. The first-order valence-electron chi connectivity index (χ1n) is 7.25. The molecule has 0 amide bonds. The fraction of sp³-hybridized carbons (Fsp3) is 0.0667. The second kappa shape index (κ2) is 7.19. The van der Waals surface area contributed by atoms with Crippen LogP contribution in [0.15, 0.2) is 52.3 Å². The van der Waals surface area contributed by atoms with E-state index in [0.717, 1.165) is 12.1 Å². The number of oxime groups is 1. The van der Waals surface area contributed by atoms with Crippen LogP contribution in [0.4, 0.5) is 24.9 Å². The Morgan fingerprint density at radius 3 is 2.52 bits per heavy atom. The van der Waals surface area contributed by atoms with E-state index in [2.05, 4.69) is 30.3 Å². The van der Waals surface area contributed by atoms with Crippen molar-refractivity contribution in [2.75, 3.05) is 5.32 Å². The number of amidine groups is 1. The van der Waals surface area contributed by atoms with Gasteiger partial charge in [0.15, 0.2) is 5.84 Å². The van der Waals surface area contributed by atoms with E-state index in [1.165, 1.54) is 24.4 Å². The highest BCUT2D eigenvalue weighted by atomic mass is 19.4. The molecule has 3 rings (SSSR count). The molecule has 2 heterocycles. The lowest BCUT2D eigenvalue weighted by Gasteiger charge is -2.08. The van der Waals surface area contributed by atoms with E-state index in [4.69, 9.17) is 15.5 Å². The molecule has 0 unspecified atom stereocenters. The second-order valence-electron chi connectivity index (χ2n) is 5.04. The van der Waals surface area contributed by atoms with Gasteiger partial charge in [0.25, 0.3) is 0 Å². The summed E-state index contributed by atoms with van der Waals surface area (Å²) in [6, 6.07) is 8.15. The second-order valence-corrected chi connectivity index (χ2v) is 5.04. The zero-order chi connectivity index (χ0) is 19.4. The highest BCUT2D eigenvalue weighted by molar-refractivity contribution is 5.95. The van der Waals surface area contributed by atoms with Crippen LogP contribution in [-0.4, -0.2) is 32.5 Å². The van der Waals surface area contributed by atoms with E-state index in [0.29, 0.717) is 11.3 Å². The number of ether oxygens (including phenoxy) is 1. The summed E-state index contributed by atoms with van der Waals surface area (Å²) in [5, 5.41) is 18.0. The molecule has 0 spiro atoms. The Morgan fingerprint density at radius 1 is 1.19 bits per heavy atom. The van der Waals surface area contributed by atoms with Crippen LogP contribution < -0.4 is 15.8 Å². The maximum absolute atomic E-state index is 12.2. The number of rotatable bonds is 5. The van der Waals surface area contributed by atoms with E-state index in [9.17, 15) is 13.2 Å². The first-order chi connectivity index (χ1) is 12.8. The monoisotopic (exact) mass is 380 g/mol. The summed E-state index contributed by atoms with van der Waals surface area (Å²) in [5.74, 6) is -0.332. The molecule has 0 bridgehead atoms. The summed E-state index contributed by atoms with van der Waals surface area (Å²) in [6.45, 7) is 0. The average molecular weight is 380 g/mol. The Labute approximate surface area is 149 Å². The van der Waals surface area contributed by atoms with Crippen LogP contribution in [0.2, 0.25) is 0 Å². The van der Waals surface area contributed by atoms with Crippen molar-refractivity contribution in [3.8, 4) is 17.1 Å². The molecule has 12 heteroatoms. The molecule has 0 fully saturated rings. The van der Waals surface area contributed by atoms with Gasteiger partial charge in [-0.05, 0) is 36.4 Å². The third kappa shape index (κ3) is 4.62.